The molecule has 2 aromatic heterocycles. The SMILES string of the molecule is Cc1ccc([C@H](CNC(=O)c2cn(C(C)(C)C)nn2)N2CCOCC2)o1. The summed E-state index contributed by atoms with van der Waals surface area (Å²) in [4.78, 5) is 14.8. The van der Waals surface area contributed by atoms with Crippen LogP contribution in [-0.4, -0.2) is 58.6 Å². The van der Waals surface area contributed by atoms with Crippen molar-refractivity contribution in [3.05, 3.63) is 35.5 Å². The molecule has 3 rings (SSSR count). The van der Waals surface area contributed by atoms with E-state index >= 15 is 0 Å². The summed E-state index contributed by atoms with van der Waals surface area (Å²) >= 11 is 0. The van der Waals surface area contributed by atoms with Crippen LogP contribution in [0.3, 0.4) is 0 Å². The topological polar surface area (TPSA) is 85.4 Å². The lowest BCUT2D eigenvalue weighted by Gasteiger charge is -2.33. The Labute approximate surface area is 153 Å². The second-order valence-corrected chi connectivity index (χ2v) is 7.54. The second-order valence-electron chi connectivity index (χ2n) is 7.54. The van der Waals surface area contributed by atoms with E-state index in [0.29, 0.717) is 25.5 Å². The maximum Gasteiger partial charge on any atom is 0.273 e. The molecule has 8 nitrogen and oxygen atoms in total. The number of aromatic nitrogens is 3. The van der Waals surface area contributed by atoms with Crippen molar-refractivity contribution in [2.45, 2.75) is 39.3 Å². The summed E-state index contributed by atoms with van der Waals surface area (Å²) in [5.74, 6) is 1.47. The highest BCUT2D eigenvalue weighted by molar-refractivity contribution is 5.91. The fourth-order valence-electron chi connectivity index (χ4n) is 2.91. The van der Waals surface area contributed by atoms with Crippen LogP contribution in [-0.2, 0) is 10.3 Å². The van der Waals surface area contributed by atoms with Gasteiger partial charge in [-0.2, -0.15) is 0 Å². The van der Waals surface area contributed by atoms with E-state index in [1.54, 1.807) is 10.9 Å². The first-order valence-corrected chi connectivity index (χ1v) is 8.94. The van der Waals surface area contributed by atoms with Crippen LogP contribution >= 0.6 is 0 Å². The van der Waals surface area contributed by atoms with Gasteiger partial charge in [-0.25, -0.2) is 4.68 Å². The fourth-order valence-corrected chi connectivity index (χ4v) is 2.91. The maximum absolute atomic E-state index is 12.5. The number of nitrogens with one attached hydrogen (secondary N) is 1. The van der Waals surface area contributed by atoms with Crippen molar-refractivity contribution in [3.63, 3.8) is 0 Å². The molecule has 8 heteroatoms. The minimum absolute atomic E-state index is 0.0331. The Kier molecular flexibility index (Phi) is 5.43. The van der Waals surface area contributed by atoms with Crippen molar-refractivity contribution in [2.24, 2.45) is 0 Å². The van der Waals surface area contributed by atoms with Gasteiger partial charge in [-0.3, -0.25) is 9.69 Å². The van der Waals surface area contributed by atoms with Crippen LogP contribution in [0.15, 0.2) is 22.7 Å². The monoisotopic (exact) mass is 361 g/mol. The molecule has 0 aliphatic carbocycles. The van der Waals surface area contributed by atoms with Crippen LogP contribution in [0.1, 0.15) is 48.8 Å². The Morgan fingerprint density at radius 2 is 2.04 bits per heavy atom. The summed E-state index contributed by atoms with van der Waals surface area (Å²) in [7, 11) is 0. The summed E-state index contributed by atoms with van der Waals surface area (Å²) in [6, 6.07) is 3.88. The number of aryl methyl sites for hydroxylation is 1. The van der Waals surface area contributed by atoms with Crippen LogP contribution in [0.4, 0.5) is 0 Å². The van der Waals surface area contributed by atoms with Crippen molar-refractivity contribution in [1.82, 2.24) is 25.2 Å². The highest BCUT2D eigenvalue weighted by Gasteiger charge is 2.26. The first-order valence-electron chi connectivity index (χ1n) is 8.94. The molecular weight excluding hydrogens is 334 g/mol. The van der Waals surface area contributed by atoms with Crippen LogP contribution in [0.2, 0.25) is 0 Å². The largest absolute Gasteiger partial charge is 0.465 e. The molecule has 26 heavy (non-hydrogen) atoms. The third-order valence-corrected chi connectivity index (χ3v) is 4.45. The number of hydrogen-bond acceptors (Lipinski definition) is 6. The smallest absolute Gasteiger partial charge is 0.273 e. The molecule has 1 amide bonds. The van der Waals surface area contributed by atoms with Crippen molar-refractivity contribution in [3.8, 4) is 0 Å². The predicted molar refractivity (Wildman–Crippen MR) is 95.9 cm³/mol. The minimum Gasteiger partial charge on any atom is -0.465 e. The Hall–Kier alpha value is -2.19. The van der Waals surface area contributed by atoms with Gasteiger partial charge in [0.1, 0.15) is 11.5 Å². The van der Waals surface area contributed by atoms with Gasteiger partial charge in [-0.1, -0.05) is 5.21 Å². The van der Waals surface area contributed by atoms with Crippen molar-refractivity contribution >= 4 is 5.91 Å². The van der Waals surface area contributed by atoms with E-state index in [1.807, 2.05) is 39.8 Å². The van der Waals surface area contributed by atoms with Gasteiger partial charge in [0, 0.05) is 19.6 Å². The quantitative estimate of drug-likeness (QED) is 0.873. The molecule has 142 valence electrons. The summed E-state index contributed by atoms with van der Waals surface area (Å²) in [5.41, 5.74) is 0.101. The zero-order valence-corrected chi connectivity index (χ0v) is 15.9. The molecular formula is C18H27N5O3. The molecule has 2 aromatic rings. The first-order chi connectivity index (χ1) is 12.3. The third kappa shape index (κ3) is 4.31. The molecule has 0 unspecified atom stereocenters. The highest BCUT2D eigenvalue weighted by Crippen LogP contribution is 2.23. The van der Waals surface area contributed by atoms with E-state index in [0.717, 1.165) is 24.6 Å². The standard InChI is InChI=1S/C18H27N5O3/c1-13-5-6-16(26-13)15(22-7-9-25-10-8-22)11-19-17(24)14-12-23(21-20-14)18(2,3)4/h5-6,12,15H,7-11H2,1-4H3,(H,19,24)/t15-/m0/s1. The lowest BCUT2D eigenvalue weighted by atomic mass is 10.1. The summed E-state index contributed by atoms with van der Waals surface area (Å²) < 4.78 is 13.0. The molecule has 3 heterocycles. The maximum atomic E-state index is 12.5. The molecule has 1 atom stereocenters. The average molecular weight is 361 g/mol. The first kappa shape index (κ1) is 18.6. The summed E-state index contributed by atoms with van der Waals surface area (Å²) in [6.45, 7) is 11.4. The van der Waals surface area contributed by atoms with E-state index < -0.39 is 0 Å². The van der Waals surface area contributed by atoms with Gasteiger partial charge in [-0.05, 0) is 39.8 Å². The summed E-state index contributed by atoms with van der Waals surface area (Å²) in [6.07, 6.45) is 1.68. The highest BCUT2D eigenvalue weighted by atomic mass is 16.5. The van der Waals surface area contributed by atoms with E-state index in [2.05, 4.69) is 20.5 Å². The molecule has 1 aliphatic heterocycles. The molecule has 0 aromatic carbocycles. The fraction of sp³-hybridized carbons (Fsp3) is 0.611. The summed E-state index contributed by atoms with van der Waals surface area (Å²) in [5, 5.41) is 11.0. The lowest BCUT2D eigenvalue weighted by Crippen LogP contribution is -2.43. The molecule has 0 saturated carbocycles. The normalized spacial score (nSPS) is 17.2. The van der Waals surface area contributed by atoms with E-state index in [-0.39, 0.29) is 17.5 Å². The Morgan fingerprint density at radius 1 is 1.31 bits per heavy atom. The molecule has 0 radical (unpaired) electrons. The van der Waals surface area contributed by atoms with E-state index in [1.165, 1.54) is 0 Å². The van der Waals surface area contributed by atoms with Gasteiger partial charge in [0.25, 0.3) is 5.91 Å². The number of hydrogen-bond donors (Lipinski definition) is 1. The van der Waals surface area contributed by atoms with Gasteiger partial charge in [-0.15, -0.1) is 5.10 Å². The molecule has 1 N–H and O–H groups in total. The number of morpholine rings is 1. The Morgan fingerprint density at radius 3 is 2.62 bits per heavy atom. The van der Waals surface area contributed by atoms with Crippen molar-refractivity contribution in [1.29, 1.82) is 0 Å². The molecule has 0 spiro atoms. The van der Waals surface area contributed by atoms with Crippen LogP contribution in [0.5, 0.6) is 0 Å². The van der Waals surface area contributed by atoms with Gasteiger partial charge in [0.2, 0.25) is 0 Å². The molecule has 0 bridgehead atoms. The molecule has 1 aliphatic rings. The zero-order chi connectivity index (χ0) is 18.7. The van der Waals surface area contributed by atoms with Crippen molar-refractivity contribution in [2.75, 3.05) is 32.8 Å². The second kappa shape index (κ2) is 7.59. The number of amides is 1. The lowest BCUT2D eigenvalue weighted by molar-refractivity contribution is 0.0117. The molecule has 1 fully saturated rings. The minimum atomic E-state index is -0.234. The number of carbonyl (C=O) groups is 1. The number of furan rings is 1. The number of rotatable bonds is 5. The van der Waals surface area contributed by atoms with E-state index in [4.69, 9.17) is 9.15 Å². The zero-order valence-electron chi connectivity index (χ0n) is 15.9. The van der Waals surface area contributed by atoms with Gasteiger partial charge < -0.3 is 14.5 Å². The van der Waals surface area contributed by atoms with Crippen LogP contribution < -0.4 is 5.32 Å². The number of ether oxygens (including phenoxy) is 1. The van der Waals surface area contributed by atoms with Gasteiger partial charge in [0.15, 0.2) is 5.69 Å². The van der Waals surface area contributed by atoms with Crippen LogP contribution in [0.25, 0.3) is 0 Å². The van der Waals surface area contributed by atoms with Gasteiger partial charge >= 0.3 is 0 Å². The van der Waals surface area contributed by atoms with Crippen LogP contribution in [0, 0.1) is 6.92 Å². The predicted octanol–water partition coefficient (Wildman–Crippen LogP) is 1.74. The Bertz CT molecular complexity index is 740. The number of nitrogens with zero attached hydrogens (tertiary/aromatic N) is 4. The van der Waals surface area contributed by atoms with E-state index in [9.17, 15) is 4.79 Å². The number of carbonyl (C=O) groups excluding carboxylic acids is 1. The Balaban J connectivity index is 1.69. The van der Waals surface area contributed by atoms with Gasteiger partial charge in [0.05, 0.1) is 31.0 Å². The average Bonchev–Trinajstić information content (AvgIpc) is 3.25. The molecule has 1 saturated heterocycles. The third-order valence-electron chi connectivity index (χ3n) is 4.45. The van der Waals surface area contributed by atoms with Crippen molar-refractivity contribution < 1.29 is 13.9 Å².